The van der Waals surface area contributed by atoms with Crippen molar-refractivity contribution in [3.63, 3.8) is 0 Å². The fraction of sp³-hybridized carbons (Fsp3) is 0.462. The van der Waals surface area contributed by atoms with Crippen molar-refractivity contribution < 1.29 is 14.0 Å². The third kappa shape index (κ3) is 6.54. The quantitative estimate of drug-likeness (QED) is 0.702. The number of nitrogens with zero attached hydrogens (tertiary/aromatic N) is 3. The van der Waals surface area contributed by atoms with Gasteiger partial charge < -0.3 is 15.1 Å². The summed E-state index contributed by atoms with van der Waals surface area (Å²) in [5.74, 6) is -0.207. The molecule has 2 heterocycles. The number of piperidine rings is 1. The SMILES string of the molecule is O=C(NCCC(=O)N1CCN(c2ccccc2)CC1)C1CCCN(Cc2cccc(F)c2)C1. The van der Waals surface area contributed by atoms with E-state index in [4.69, 9.17) is 0 Å². The Labute approximate surface area is 195 Å². The number of amides is 2. The number of piperazine rings is 1. The highest BCUT2D eigenvalue weighted by Crippen LogP contribution is 2.19. The molecule has 176 valence electrons. The molecular formula is C26H33FN4O2. The maximum absolute atomic E-state index is 13.4. The number of carbonyl (C=O) groups is 2. The average Bonchev–Trinajstić information content (AvgIpc) is 2.85. The molecule has 0 bridgehead atoms. The van der Waals surface area contributed by atoms with Crippen molar-refractivity contribution in [3.05, 3.63) is 66.0 Å². The zero-order valence-corrected chi connectivity index (χ0v) is 19.1. The summed E-state index contributed by atoms with van der Waals surface area (Å²) in [4.78, 5) is 31.7. The summed E-state index contributed by atoms with van der Waals surface area (Å²) in [6, 6.07) is 16.9. The Morgan fingerprint density at radius 2 is 1.76 bits per heavy atom. The highest BCUT2D eigenvalue weighted by Gasteiger charge is 2.26. The van der Waals surface area contributed by atoms with Crippen LogP contribution in [0.1, 0.15) is 24.8 Å². The first-order chi connectivity index (χ1) is 16.1. The Kier molecular flexibility index (Phi) is 7.94. The van der Waals surface area contributed by atoms with Crippen LogP contribution < -0.4 is 10.2 Å². The summed E-state index contributed by atoms with van der Waals surface area (Å²) in [7, 11) is 0. The first-order valence-electron chi connectivity index (χ1n) is 11.9. The molecule has 0 radical (unpaired) electrons. The molecular weight excluding hydrogens is 419 g/mol. The first kappa shape index (κ1) is 23.2. The predicted molar refractivity (Wildman–Crippen MR) is 127 cm³/mol. The number of para-hydroxylation sites is 1. The van der Waals surface area contributed by atoms with Gasteiger partial charge in [0, 0.05) is 57.9 Å². The molecule has 2 aromatic rings. The molecule has 0 aromatic heterocycles. The minimum Gasteiger partial charge on any atom is -0.368 e. The molecule has 6 nitrogen and oxygen atoms in total. The van der Waals surface area contributed by atoms with Crippen LogP contribution in [0.3, 0.4) is 0 Å². The molecule has 0 spiro atoms. The number of halogens is 1. The zero-order chi connectivity index (χ0) is 23.0. The summed E-state index contributed by atoms with van der Waals surface area (Å²) in [6.45, 7) is 5.66. The lowest BCUT2D eigenvalue weighted by atomic mass is 9.96. The van der Waals surface area contributed by atoms with E-state index in [0.717, 1.165) is 38.0 Å². The number of rotatable bonds is 7. The van der Waals surface area contributed by atoms with Crippen molar-refractivity contribution in [2.24, 2.45) is 5.92 Å². The van der Waals surface area contributed by atoms with E-state index in [1.54, 1.807) is 12.1 Å². The Morgan fingerprint density at radius 3 is 2.52 bits per heavy atom. The molecule has 2 saturated heterocycles. The average molecular weight is 453 g/mol. The molecule has 1 N–H and O–H groups in total. The second-order valence-electron chi connectivity index (χ2n) is 8.95. The maximum atomic E-state index is 13.4. The molecule has 4 rings (SSSR count). The van der Waals surface area contributed by atoms with Crippen LogP contribution in [0.4, 0.5) is 10.1 Å². The van der Waals surface area contributed by atoms with Crippen LogP contribution in [-0.4, -0.2) is 67.4 Å². The van der Waals surface area contributed by atoms with E-state index in [-0.39, 0.29) is 23.5 Å². The molecule has 33 heavy (non-hydrogen) atoms. The van der Waals surface area contributed by atoms with Gasteiger partial charge >= 0.3 is 0 Å². The lowest BCUT2D eigenvalue weighted by Crippen LogP contribution is -2.49. The molecule has 2 aromatic carbocycles. The van der Waals surface area contributed by atoms with Crippen LogP contribution in [0.25, 0.3) is 0 Å². The second-order valence-corrected chi connectivity index (χ2v) is 8.95. The summed E-state index contributed by atoms with van der Waals surface area (Å²) in [5, 5.41) is 2.97. The van der Waals surface area contributed by atoms with Gasteiger partial charge in [0.15, 0.2) is 0 Å². The van der Waals surface area contributed by atoms with Crippen LogP contribution >= 0.6 is 0 Å². The molecule has 0 saturated carbocycles. The van der Waals surface area contributed by atoms with Gasteiger partial charge in [0.25, 0.3) is 0 Å². The summed E-state index contributed by atoms with van der Waals surface area (Å²) >= 11 is 0. The summed E-state index contributed by atoms with van der Waals surface area (Å²) in [5.41, 5.74) is 2.12. The van der Waals surface area contributed by atoms with Gasteiger partial charge in [-0.25, -0.2) is 4.39 Å². The Hall–Kier alpha value is -2.93. The molecule has 2 amide bonds. The van der Waals surface area contributed by atoms with E-state index in [2.05, 4.69) is 27.2 Å². The third-order valence-corrected chi connectivity index (χ3v) is 6.56. The molecule has 0 aliphatic carbocycles. The third-order valence-electron chi connectivity index (χ3n) is 6.56. The van der Waals surface area contributed by atoms with Crippen molar-refractivity contribution in [1.82, 2.24) is 15.1 Å². The first-order valence-corrected chi connectivity index (χ1v) is 11.9. The number of nitrogens with one attached hydrogen (secondary N) is 1. The van der Waals surface area contributed by atoms with E-state index in [9.17, 15) is 14.0 Å². The number of hydrogen-bond acceptors (Lipinski definition) is 4. The molecule has 2 aliphatic heterocycles. The van der Waals surface area contributed by atoms with Crippen LogP contribution in [-0.2, 0) is 16.1 Å². The van der Waals surface area contributed by atoms with Gasteiger partial charge in [0.2, 0.25) is 11.8 Å². The fourth-order valence-corrected chi connectivity index (χ4v) is 4.75. The van der Waals surface area contributed by atoms with E-state index in [1.807, 2.05) is 29.2 Å². The standard InChI is InChI=1S/C26H33FN4O2/c27-23-8-4-6-21(18-23)19-29-13-5-7-22(20-29)26(33)28-12-11-25(32)31-16-14-30(15-17-31)24-9-2-1-3-10-24/h1-4,6,8-10,18,22H,5,7,11-17,19-20H2,(H,28,33). The number of benzene rings is 2. The highest BCUT2D eigenvalue weighted by molar-refractivity contribution is 5.81. The van der Waals surface area contributed by atoms with Crippen molar-refractivity contribution in [3.8, 4) is 0 Å². The molecule has 7 heteroatoms. The van der Waals surface area contributed by atoms with Crippen molar-refractivity contribution in [2.45, 2.75) is 25.8 Å². The fourth-order valence-electron chi connectivity index (χ4n) is 4.75. The van der Waals surface area contributed by atoms with Crippen LogP contribution in [0.15, 0.2) is 54.6 Å². The van der Waals surface area contributed by atoms with Gasteiger partial charge in [-0.3, -0.25) is 14.5 Å². The molecule has 2 aliphatic rings. The highest BCUT2D eigenvalue weighted by atomic mass is 19.1. The number of carbonyl (C=O) groups excluding carboxylic acids is 2. The van der Waals surface area contributed by atoms with Gasteiger partial charge in [-0.2, -0.15) is 0 Å². The van der Waals surface area contributed by atoms with Crippen LogP contribution in [0, 0.1) is 11.7 Å². The van der Waals surface area contributed by atoms with Gasteiger partial charge in [-0.05, 0) is 49.2 Å². The van der Waals surface area contributed by atoms with Gasteiger partial charge in [-0.1, -0.05) is 30.3 Å². The normalized spacial score (nSPS) is 19.4. The second kappa shape index (κ2) is 11.3. The van der Waals surface area contributed by atoms with Gasteiger partial charge in [0.1, 0.15) is 5.82 Å². The minimum atomic E-state index is -0.232. The Balaban J connectivity index is 1.16. The topological polar surface area (TPSA) is 55.9 Å². The maximum Gasteiger partial charge on any atom is 0.224 e. The van der Waals surface area contributed by atoms with Gasteiger partial charge in [-0.15, -0.1) is 0 Å². The van der Waals surface area contributed by atoms with E-state index in [1.165, 1.54) is 11.8 Å². The Bertz CT molecular complexity index is 931. The van der Waals surface area contributed by atoms with E-state index in [0.29, 0.717) is 39.1 Å². The number of anilines is 1. The lowest BCUT2D eigenvalue weighted by molar-refractivity contribution is -0.131. The molecule has 1 unspecified atom stereocenters. The number of likely N-dealkylation sites (tertiary alicyclic amines) is 1. The smallest absolute Gasteiger partial charge is 0.224 e. The minimum absolute atomic E-state index is 0.0145. The van der Waals surface area contributed by atoms with Crippen molar-refractivity contribution in [1.29, 1.82) is 0 Å². The van der Waals surface area contributed by atoms with E-state index >= 15 is 0 Å². The van der Waals surface area contributed by atoms with Crippen LogP contribution in [0.5, 0.6) is 0 Å². The van der Waals surface area contributed by atoms with E-state index < -0.39 is 0 Å². The number of hydrogen-bond donors (Lipinski definition) is 1. The Morgan fingerprint density at radius 1 is 0.970 bits per heavy atom. The molecule has 1 atom stereocenters. The predicted octanol–water partition coefficient (Wildman–Crippen LogP) is 2.89. The zero-order valence-electron chi connectivity index (χ0n) is 19.1. The summed E-state index contributed by atoms with van der Waals surface area (Å²) in [6.07, 6.45) is 2.12. The van der Waals surface area contributed by atoms with Crippen molar-refractivity contribution in [2.75, 3.05) is 50.7 Å². The monoisotopic (exact) mass is 452 g/mol. The van der Waals surface area contributed by atoms with Crippen LogP contribution in [0.2, 0.25) is 0 Å². The summed E-state index contributed by atoms with van der Waals surface area (Å²) < 4.78 is 13.4. The lowest BCUT2D eigenvalue weighted by Gasteiger charge is -2.36. The largest absolute Gasteiger partial charge is 0.368 e. The van der Waals surface area contributed by atoms with Gasteiger partial charge in [0.05, 0.1) is 5.92 Å². The molecule has 2 fully saturated rings. The van der Waals surface area contributed by atoms with Crippen molar-refractivity contribution >= 4 is 17.5 Å².